The maximum absolute atomic E-state index is 12.0. The number of pyridine rings is 1. The molecule has 1 N–H and O–H groups in total. The topological polar surface area (TPSA) is 80.9 Å². The van der Waals surface area contributed by atoms with Gasteiger partial charge in [0.05, 0.1) is 0 Å². The van der Waals surface area contributed by atoms with Gasteiger partial charge in [0.1, 0.15) is 0 Å². The van der Waals surface area contributed by atoms with Gasteiger partial charge in [0, 0.05) is 25.4 Å². The SMILES string of the molecule is O=C(NCc1cccnc1)c1nnc(CCc2ccccc2)o1. The van der Waals surface area contributed by atoms with Crippen molar-refractivity contribution in [3.8, 4) is 0 Å². The molecule has 3 aromatic rings. The Balaban J connectivity index is 1.53. The molecule has 0 radical (unpaired) electrons. The molecule has 6 nitrogen and oxygen atoms in total. The molecular formula is C17H16N4O2. The van der Waals surface area contributed by atoms with E-state index in [9.17, 15) is 4.79 Å². The normalized spacial score (nSPS) is 10.4. The Kier molecular flexibility index (Phi) is 4.73. The van der Waals surface area contributed by atoms with Gasteiger partial charge >= 0.3 is 11.8 Å². The van der Waals surface area contributed by atoms with Crippen LogP contribution in [0.4, 0.5) is 0 Å². The van der Waals surface area contributed by atoms with Crippen molar-refractivity contribution in [2.75, 3.05) is 0 Å². The highest BCUT2D eigenvalue weighted by molar-refractivity contribution is 5.89. The Morgan fingerprint density at radius 2 is 1.83 bits per heavy atom. The van der Waals surface area contributed by atoms with E-state index in [0.29, 0.717) is 18.9 Å². The van der Waals surface area contributed by atoms with Gasteiger partial charge < -0.3 is 9.73 Å². The zero-order valence-electron chi connectivity index (χ0n) is 12.5. The summed E-state index contributed by atoms with van der Waals surface area (Å²) < 4.78 is 5.41. The van der Waals surface area contributed by atoms with Crippen molar-refractivity contribution in [2.24, 2.45) is 0 Å². The van der Waals surface area contributed by atoms with Crippen LogP contribution in [-0.4, -0.2) is 21.1 Å². The fourth-order valence-electron chi connectivity index (χ4n) is 2.10. The van der Waals surface area contributed by atoms with Crippen LogP contribution in [0, 0.1) is 0 Å². The Hall–Kier alpha value is -3.02. The lowest BCUT2D eigenvalue weighted by Crippen LogP contribution is -2.23. The first kappa shape index (κ1) is 14.9. The summed E-state index contributed by atoms with van der Waals surface area (Å²) in [6.45, 7) is 0.369. The van der Waals surface area contributed by atoms with E-state index in [1.54, 1.807) is 12.4 Å². The molecule has 1 aromatic carbocycles. The van der Waals surface area contributed by atoms with E-state index >= 15 is 0 Å². The number of nitrogens with zero attached hydrogens (tertiary/aromatic N) is 3. The fraction of sp³-hybridized carbons (Fsp3) is 0.176. The van der Waals surface area contributed by atoms with Crippen molar-refractivity contribution in [1.29, 1.82) is 0 Å². The van der Waals surface area contributed by atoms with Gasteiger partial charge in [-0.15, -0.1) is 10.2 Å². The van der Waals surface area contributed by atoms with E-state index in [1.807, 2.05) is 42.5 Å². The first-order valence-corrected chi connectivity index (χ1v) is 7.34. The minimum Gasteiger partial charge on any atom is -0.417 e. The molecule has 0 unspecified atom stereocenters. The summed E-state index contributed by atoms with van der Waals surface area (Å²) in [6, 6.07) is 13.7. The summed E-state index contributed by atoms with van der Waals surface area (Å²) >= 11 is 0. The van der Waals surface area contributed by atoms with Crippen molar-refractivity contribution >= 4 is 5.91 Å². The second kappa shape index (κ2) is 7.31. The number of aryl methyl sites for hydroxylation is 2. The second-order valence-corrected chi connectivity index (χ2v) is 5.03. The average Bonchev–Trinajstić information content (AvgIpc) is 3.09. The van der Waals surface area contributed by atoms with Crippen LogP contribution in [0.5, 0.6) is 0 Å². The van der Waals surface area contributed by atoms with Crippen LogP contribution >= 0.6 is 0 Å². The van der Waals surface area contributed by atoms with Gasteiger partial charge in [0.25, 0.3) is 0 Å². The van der Waals surface area contributed by atoms with Gasteiger partial charge in [-0.25, -0.2) is 0 Å². The van der Waals surface area contributed by atoms with E-state index in [1.165, 1.54) is 5.56 Å². The lowest BCUT2D eigenvalue weighted by Gasteiger charge is -2.01. The molecule has 3 rings (SSSR count). The average molecular weight is 308 g/mol. The van der Waals surface area contributed by atoms with Crippen LogP contribution in [-0.2, 0) is 19.4 Å². The molecule has 116 valence electrons. The van der Waals surface area contributed by atoms with Crippen LogP contribution in [0.3, 0.4) is 0 Å². The number of hydrogen-bond acceptors (Lipinski definition) is 5. The summed E-state index contributed by atoms with van der Waals surface area (Å²) in [4.78, 5) is 16.0. The third-order valence-corrected chi connectivity index (χ3v) is 3.31. The molecule has 23 heavy (non-hydrogen) atoms. The van der Waals surface area contributed by atoms with Gasteiger partial charge in [-0.1, -0.05) is 36.4 Å². The maximum atomic E-state index is 12.0. The molecule has 0 aliphatic rings. The molecule has 0 saturated carbocycles. The van der Waals surface area contributed by atoms with Gasteiger partial charge in [-0.3, -0.25) is 9.78 Å². The van der Waals surface area contributed by atoms with Crippen molar-refractivity contribution in [3.05, 3.63) is 77.8 Å². The monoisotopic (exact) mass is 308 g/mol. The van der Waals surface area contributed by atoms with Crippen molar-refractivity contribution in [3.63, 3.8) is 0 Å². The number of carbonyl (C=O) groups excluding carboxylic acids is 1. The molecule has 0 atom stereocenters. The molecule has 0 spiro atoms. The van der Waals surface area contributed by atoms with Crippen LogP contribution in [0.15, 0.2) is 59.3 Å². The number of amides is 1. The fourth-order valence-corrected chi connectivity index (χ4v) is 2.10. The van der Waals surface area contributed by atoms with E-state index < -0.39 is 0 Å². The Morgan fingerprint density at radius 1 is 1.00 bits per heavy atom. The van der Waals surface area contributed by atoms with Crippen LogP contribution in [0.25, 0.3) is 0 Å². The van der Waals surface area contributed by atoms with E-state index in [0.717, 1.165) is 12.0 Å². The third-order valence-electron chi connectivity index (χ3n) is 3.31. The lowest BCUT2D eigenvalue weighted by atomic mass is 10.1. The number of benzene rings is 1. The molecule has 0 aliphatic carbocycles. The quantitative estimate of drug-likeness (QED) is 0.755. The summed E-state index contributed by atoms with van der Waals surface area (Å²) in [5.41, 5.74) is 2.10. The molecule has 1 amide bonds. The third kappa shape index (κ3) is 4.23. The smallest absolute Gasteiger partial charge is 0.309 e. The Labute approximate surface area is 133 Å². The number of carbonyl (C=O) groups is 1. The van der Waals surface area contributed by atoms with Crippen molar-refractivity contribution in [2.45, 2.75) is 19.4 Å². The largest absolute Gasteiger partial charge is 0.417 e. The summed E-state index contributed by atoms with van der Waals surface area (Å²) in [6.07, 6.45) is 4.77. The van der Waals surface area contributed by atoms with Crippen LogP contribution < -0.4 is 5.32 Å². The highest BCUT2D eigenvalue weighted by Gasteiger charge is 2.14. The van der Waals surface area contributed by atoms with Gasteiger partial charge in [-0.05, 0) is 23.6 Å². The number of nitrogens with one attached hydrogen (secondary N) is 1. The molecular weight excluding hydrogens is 292 g/mol. The second-order valence-electron chi connectivity index (χ2n) is 5.03. The van der Waals surface area contributed by atoms with Crippen molar-refractivity contribution < 1.29 is 9.21 Å². The molecule has 0 saturated heterocycles. The summed E-state index contributed by atoms with van der Waals surface area (Å²) in [5.74, 6) is 0.0599. The molecule has 6 heteroatoms. The summed E-state index contributed by atoms with van der Waals surface area (Å²) in [5, 5.41) is 10.4. The van der Waals surface area contributed by atoms with E-state index in [4.69, 9.17) is 4.42 Å². The number of aromatic nitrogens is 3. The highest BCUT2D eigenvalue weighted by atomic mass is 16.4. The highest BCUT2D eigenvalue weighted by Crippen LogP contribution is 2.07. The Bertz CT molecular complexity index is 757. The molecule has 0 aliphatic heterocycles. The van der Waals surface area contributed by atoms with Gasteiger partial charge in [-0.2, -0.15) is 0 Å². The molecule has 0 fully saturated rings. The zero-order chi connectivity index (χ0) is 15.9. The van der Waals surface area contributed by atoms with Gasteiger partial charge in [0.2, 0.25) is 5.89 Å². The van der Waals surface area contributed by atoms with Crippen LogP contribution in [0.2, 0.25) is 0 Å². The minimum atomic E-state index is -0.382. The van der Waals surface area contributed by atoms with Gasteiger partial charge in [0.15, 0.2) is 0 Å². The van der Waals surface area contributed by atoms with Crippen molar-refractivity contribution in [1.82, 2.24) is 20.5 Å². The van der Waals surface area contributed by atoms with E-state index in [-0.39, 0.29) is 11.8 Å². The van der Waals surface area contributed by atoms with E-state index in [2.05, 4.69) is 20.5 Å². The number of rotatable bonds is 6. The first-order chi connectivity index (χ1) is 11.3. The lowest BCUT2D eigenvalue weighted by molar-refractivity contribution is 0.0914. The predicted octanol–water partition coefficient (Wildman–Crippen LogP) is 2.18. The number of hydrogen-bond donors (Lipinski definition) is 1. The molecule has 2 aromatic heterocycles. The minimum absolute atomic E-state index is 0.0167. The molecule has 2 heterocycles. The standard InChI is InChI=1S/C17H16N4O2/c22-16(19-12-14-7-4-10-18-11-14)17-21-20-15(23-17)9-8-13-5-2-1-3-6-13/h1-7,10-11H,8-9,12H2,(H,19,22). The Morgan fingerprint density at radius 3 is 2.61 bits per heavy atom. The maximum Gasteiger partial charge on any atom is 0.309 e. The predicted molar refractivity (Wildman–Crippen MR) is 83.6 cm³/mol. The first-order valence-electron chi connectivity index (χ1n) is 7.34. The zero-order valence-corrected chi connectivity index (χ0v) is 12.5. The molecule has 0 bridgehead atoms. The summed E-state index contributed by atoms with van der Waals surface area (Å²) in [7, 11) is 0. The van der Waals surface area contributed by atoms with Crippen LogP contribution in [0.1, 0.15) is 27.7 Å².